The van der Waals surface area contributed by atoms with Crippen molar-refractivity contribution < 1.29 is 68.3 Å². The molecule has 4 aliphatic rings. The fourth-order valence-corrected chi connectivity index (χ4v) is 6.30. The van der Waals surface area contributed by atoms with Crippen LogP contribution in [0.1, 0.15) is 39.0 Å². The third-order valence-corrected chi connectivity index (χ3v) is 9.20. The van der Waals surface area contributed by atoms with E-state index in [-0.39, 0.29) is 51.5 Å². The molecule has 0 aromatic rings. The monoisotopic (exact) mass is 767 g/mol. The van der Waals surface area contributed by atoms with Crippen molar-refractivity contribution in [3.05, 3.63) is 60.8 Å². The predicted octanol–water partition coefficient (Wildman–Crippen LogP) is -0.639. The van der Waals surface area contributed by atoms with Crippen LogP contribution in [-0.2, 0) is 38.0 Å². The number of amides is 2. The van der Waals surface area contributed by atoms with Crippen molar-refractivity contribution >= 4 is 12.0 Å². The van der Waals surface area contributed by atoms with Crippen molar-refractivity contribution in [2.24, 2.45) is 5.73 Å². The maximum atomic E-state index is 13.0. The number of allylic oxidation sites excluding steroid dienone is 6. The molecular formula is C37H57N3O14. The molecule has 13 atom stereocenters. The summed E-state index contributed by atoms with van der Waals surface area (Å²) in [6, 6.07) is -2.73. The SMILES string of the molecule is COCCOCCNC(=O)NC1[C@@H]2CC(OC3OCC(O)[C@H](N)[C@@H]3O)/C=C/C=C/C=C/C=C/CC(C)OC(=O)/C=C/[C@H]3OC3CC(O)CC(O)(C[C@@H]1O)O2. The number of esters is 1. The van der Waals surface area contributed by atoms with E-state index in [4.69, 9.17) is 38.9 Å². The van der Waals surface area contributed by atoms with Crippen LogP contribution in [-0.4, -0.2) is 157 Å². The lowest BCUT2D eigenvalue weighted by Crippen LogP contribution is -2.63. The topological polar surface area (TPSA) is 253 Å². The maximum absolute atomic E-state index is 13.0. The van der Waals surface area contributed by atoms with Crippen LogP contribution in [0.15, 0.2) is 60.8 Å². The number of methoxy groups -OCH3 is 1. The number of hydrogen-bond acceptors (Lipinski definition) is 15. The van der Waals surface area contributed by atoms with Gasteiger partial charge < -0.3 is 75.1 Å². The number of fused-ring (bicyclic) bond motifs is 3. The molecule has 2 amide bonds. The lowest BCUT2D eigenvalue weighted by Gasteiger charge is -2.46. The van der Waals surface area contributed by atoms with Crippen LogP contribution >= 0.6 is 0 Å². The molecule has 8 unspecified atom stereocenters. The number of nitrogens with one attached hydrogen (secondary N) is 2. The molecule has 3 saturated heterocycles. The van der Waals surface area contributed by atoms with Gasteiger partial charge in [0.2, 0.25) is 0 Å². The van der Waals surface area contributed by atoms with Crippen molar-refractivity contribution in [1.29, 1.82) is 0 Å². The van der Waals surface area contributed by atoms with Gasteiger partial charge in [-0.05, 0) is 13.0 Å². The number of aliphatic hydroxyl groups is 5. The molecule has 0 spiro atoms. The molecule has 17 nitrogen and oxygen atoms in total. The van der Waals surface area contributed by atoms with Crippen molar-refractivity contribution in [1.82, 2.24) is 10.6 Å². The number of urea groups is 1. The van der Waals surface area contributed by atoms with Gasteiger partial charge in [0.1, 0.15) is 18.3 Å². The predicted molar refractivity (Wildman–Crippen MR) is 192 cm³/mol. The number of carbonyl (C=O) groups excluding carboxylic acids is 2. The van der Waals surface area contributed by atoms with Crippen molar-refractivity contribution in [3.8, 4) is 0 Å². The molecule has 0 aromatic heterocycles. The van der Waals surface area contributed by atoms with Crippen molar-refractivity contribution in [2.75, 3.05) is 40.1 Å². The minimum atomic E-state index is -2.04. The van der Waals surface area contributed by atoms with Crippen LogP contribution in [0.5, 0.6) is 0 Å². The lowest BCUT2D eigenvalue weighted by atomic mass is 9.87. The van der Waals surface area contributed by atoms with Crippen molar-refractivity contribution in [2.45, 2.75) is 118 Å². The Morgan fingerprint density at radius 2 is 1.74 bits per heavy atom. The standard InChI is InChI=1S/C37H57N3O14/c1-23-10-8-6-4-3-5-7-9-11-25(52-35-34(45)32(38)27(43)22-50-35)19-30-33(40-36(46)39-14-15-49-17-16-48-2)26(42)21-37(47,54-30)20-24(41)18-29-28(53-29)12-13-31(44)51-23/h3-9,11-13,23-30,32-35,41-43,45,47H,10,14-22,38H2,1-2H3,(H2,39,40,46)/b4-3+,7-5+,8-6+,11-9+,13-12+/t23?,24?,25?,26-,27?,28+,29?,30-,32-,33?,34-,35?,37?/m0/s1. The van der Waals surface area contributed by atoms with E-state index in [0.29, 0.717) is 19.6 Å². The molecule has 0 aromatic carbocycles. The van der Waals surface area contributed by atoms with E-state index >= 15 is 0 Å². The highest BCUT2D eigenvalue weighted by Crippen LogP contribution is 2.36. The smallest absolute Gasteiger partial charge is 0.330 e. The van der Waals surface area contributed by atoms with Crippen LogP contribution in [0.4, 0.5) is 4.79 Å². The Bertz CT molecular complexity index is 1330. The molecule has 4 aliphatic heterocycles. The van der Waals surface area contributed by atoms with Crippen LogP contribution in [0.3, 0.4) is 0 Å². The van der Waals surface area contributed by atoms with Crippen LogP contribution < -0.4 is 16.4 Å². The summed E-state index contributed by atoms with van der Waals surface area (Å²) in [6.07, 6.45) is 7.31. The first kappa shape index (κ1) is 43.7. The van der Waals surface area contributed by atoms with Gasteiger partial charge in [0, 0.05) is 51.8 Å². The zero-order valence-electron chi connectivity index (χ0n) is 30.8. The fraction of sp³-hybridized carbons (Fsp3) is 0.676. The van der Waals surface area contributed by atoms with Gasteiger partial charge in [0.05, 0.1) is 75.1 Å². The second-order valence-corrected chi connectivity index (χ2v) is 13.8. The Labute approximate surface area is 315 Å². The number of hydrogen-bond donors (Lipinski definition) is 8. The Morgan fingerprint density at radius 1 is 0.981 bits per heavy atom. The number of cyclic esters (lactones) is 1. The maximum Gasteiger partial charge on any atom is 0.330 e. The van der Waals surface area contributed by atoms with Gasteiger partial charge in [-0.1, -0.05) is 48.6 Å². The van der Waals surface area contributed by atoms with Crippen LogP contribution in [0, 0.1) is 0 Å². The Balaban J connectivity index is 1.56. The summed E-state index contributed by atoms with van der Waals surface area (Å²) in [5, 5.41) is 60.3. The Hall–Kier alpha value is -3.04. The number of epoxide rings is 1. The summed E-state index contributed by atoms with van der Waals surface area (Å²) in [5.74, 6) is -2.56. The molecule has 4 rings (SSSR count). The van der Waals surface area contributed by atoms with E-state index in [9.17, 15) is 35.1 Å². The second-order valence-electron chi connectivity index (χ2n) is 13.8. The third-order valence-electron chi connectivity index (χ3n) is 9.20. The van der Waals surface area contributed by atoms with E-state index in [2.05, 4.69) is 10.6 Å². The molecule has 54 heavy (non-hydrogen) atoms. The highest BCUT2D eigenvalue weighted by atomic mass is 16.7. The highest BCUT2D eigenvalue weighted by Gasteiger charge is 2.49. The fourth-order valence-electron chi connectivity index (χ4n) is 6.30. The highest BCUT2D eigenvalue weighted by molar-refractivity contribution is 5.82. The summed E-state index contributed by atoms with van der Waals surface area (Å²) < 4.78 is 39.3. The summed E-state index contributed by atoms with van der Waals surface area (Å²) in [5.41, 5.74) is 5.98. The van der Waals surface area contributed by atoms with Gasteiger partial charge >= 0.3 is 12.0 Å². The van der Waals surface area contributed by atoms with E-state index in [0.717, 1.165) is 0 Å². The average Bonchev–Trinajstić information content (AvgIpc) is 3.86. The number of carbonyl (C=O) groups is 2. The summed E-state index contributed by atoms with van der Waals surface area (Å²) in [7, 11) is 1.55. The summed E-state index contributed by atoms with van der Waals surface area (Å²) in [4.78, 5) is 25.2. The first-order valence-corrected chi connectivity index (χ1v) is 18.3. The molecular weight excluding hydrogens is 710 g/mol. The average molecular weight is 768 g/mol. The van der Waals surface area contributed by atoms with Crippen molar-refractivity contribution in [3.63, 3.8) is 0 Å². The molecule has 4 heterocycles. The van der Waals surface area contributed by atoms with Gasteiger partial charge in [-0.3, -0.25) is 0 Å². The van der Waals surface area contributed by atoms with Gasteiger partial charge in [-0.2, -0.15) is 0 Å². The first-order chi connectivity index (χ1) is 25.9. The second kappa shape index (κ2) is 21.9. The van der Waals surface area contributed by atoms with Crippen LogP contribution in [0.2, 0.25) is 0 Å². The van der Waals surface area contributed by atoms with Crippen LogP contribution in [0.25, 0.3) is 0 Å². The van der Waals surface area contributed by atoms with Gasteiger partial charge in [-0.15, -0.1) is 0 Å². The molecule has 3 fully saturated rings. The van der Waals surface area contributed by atoms with E-state index in [1.54, 1.807) is 56.6 Å². The minimum Gasteiger partial charge on any atom is -0.459 e. The van der Waals surface area contributed by atoms with Gasteiger partial charge in [0.25, 0.3) is 0 Å². The zero-order valence-corrected chi connectivity index (χ0v) is 30.8. The molecule has 304 valence electrons. The zero-order chi connectivity index (χ0) is 39.1. The first-order valence-electron chi connectivity index (χ1n) is 18.3. The van der Waals surface area contributed by atoms with E-state index in [1.165, 1.54) is 6.08 Å². The largest absolute Gasteiger partial charge is 0.459 e. The molecule has 17 heteroatoms. The Morgan fingerprint density at radius 3 is 2.52 bits per heavy atom. The third kappa shape index (κ3) is 14.6. The van der Waals surface area contributed by atoms with E-state index in [1.807, 2.05) is 12.2 Å². The molecule has 9 N–H and O–H groups in total. The number of aliphatic hydroxyl groups excluding tert-OH is 4. The van der Waals surface area contributed by atoms with E-state index < -0.39 is 85.0 Å². The number of rotatable bonds is 9. The molecule has 0 radical (unpaired) electrons. The molecule has 0 aliphatic carbocycles. The number of ether oxygens (including phenoxy) is 7. The summed E-state index contributed by atoms with van der Waals surface area (Å²) in [6.45, 7) is 2.72. The minimum absolute atomic E-state index is 0.0826. The summed E-state index contributed by atoms with van der Waals surface area (Å²) >= 11 is 0. The molecule has 2 bridgehead atoms. The normalized spacial score (nSPS) is 41.1. The van der Waals surface area contributed by atoms with Gasteiger partial charge in [-0.25, -0.2) is 9.59 Å². The van der Waals surface area contributed by atoms with Gasteiger partial charge in [0.15, 0.2) is 12.1 Å². The molecule has 0 saturated carbocycles. The Kier molecular flexibility index (Phi) is 17.7. The number of nitrogens with two attached hydrogens (primary N) is 1. The quantitative estimate of drug-likeness (QED) is 0.0826. The lowest BCUT2D eigenvalue weighted by molar-refractivity contribution is -0.298.